The van der Waals surface area contributed by atoms with Gasteiger partial charge in [-0.1, -0.05) is 6.92 Å². The molecule has 0 amide bonds. The summed E-state index contributed by atoms with van der Waals surface area (Å²) < 4.78 is 18.7. The topological polar surface area (TPSA) is 47.0 Å². The Kier molecular flexibility index (Phi) is 3.20. The van der Waals surface area contributed by atoms with Gasteiger partial charge in [-0.05, 0) is 30.7 Å². The van der Waals surface area contributed by atoms with Crippen LogP contribution in [0.4, 0.5) is 10.2 Å². The third-order valence-corrected chi connectivity index (χ3v) is 4.25. The fraction of sp³-hybridized carbons (Fsp3) is 0.467. The summed E-state index contributed by atoms with van der Waals surface area (Å²) in [6, 6.07) is 3.03. The second kappa shape index (κ2) is 4.89. The van der Waals surface area contributed by atoms with Gasteiger partial charge in [0.1, 0.15) is 12.1 Å². The van der Waals surface area contributed by atoms with Gasteiger partial charge in [0.05, 0.1) is 12.6 Å². The summed E-state index contributed by atoms with van der Waals surface area (Å²) in [6.07, 6.45) is 5.15. The number of aromatic nitrogens is 2. The van der Waals surface area contributed by atoms with Gasteiger partial charge in [0.15, 0.2) is 11.6 Å². The molecule has 3 rings (SSSR count). The summed E-state index contributed by atoms with van der Waals surface area (Å²) in [6.45, 7) is 3.11. The van der Waals surface area contributed by atoms with Crippen molar-refractivity contribution in [2.75, 3.05) is 19.0 Å². The Bertz CT molecular complexity index is 640. The molecule has 0 unspecified atom stereocenters. The van der Waals surface area contributed by atoms with Crippen molar-refractivity contribution < 1.29 is 9.13 Å². The van der Waals surface area contributed by atoms with Gasteiger partial charge in [-0.3, -0.25) is 0 Å². The summed E-state index contributed by atoms with van der Waals surface area (Å²) in [5.74, 6) is 0.553. The lowest BCUT2D eigenvalue weighted by Gasteiger charge is -2.15. The van der Waals surface area contributed by atoms with Crippen molar-refractivity contribution in [2.45, 2.75) is 26.2 Å². The van der Waals surface area contributed by atoms with Gasteiger partial charge >= 0.3 is 0 Å². The largest absolute Gasteiger partial charge is 0.494 e. The van der Waals surface area contributed by atoms with E-state index >= 15 is 0 Å². The molecule has 106 valence electrons. The molecule has 1 N–H and O–H groups in total. The second-order valence-electron chi connectivity index (χ2n) is 5.43. The van der Waals surface area contributed by atoms with Crippen LogP contribution in [0, 0.1) is 11.2 Å². The Labute approximate surface area is 117 Å². The van der Waals surface area contributed by atoms with E-state index in [1.165, 1.54) is 38.8 Å². The fourth-order valence-corrected chi connectivity index (χ4v) is 2.46. The quantitative estimate of drug-likeness (QED) is 0.908. The highest BCUT2D eigenvalue weighted by Gasteiger charge is 2.40. The Morgan fingerprint density at radius 1 is 1.35 bits per heavy atom. The molecule has 0 radical (unpaired) electrons. The Hall–Kier alpha value is -1.91. The molecule has 1 aromatic carbocycles. The minimum atomic E-state index is -0.406. The van der Waals surface area contributed by atoms with Gasteiger partial charge in [-0.25, -0.2) is 14.4 Å². The highest BCUT2D eigenvalue weighted by atomic mass is 19.1. The first-order valence-electron chi connectivity index (χ1n) is 6.89. The first-order valence-corrected chi connectivity index (χ1v) is 6.89. The van der Waals surface area contributed by atoms with Gasteiger partial charge < -0.3 is 10.1 Å². The van der Waals surface area contributed by atoms with E-state index in [0.717, 1.165) is 17.7 Å². The molecule has 1 saturated carbocycles. The van der Waals surface area contributed by atoms with Crippen molar-refractivity contribution in [3.8, 4) is 5.75 Å². The zero-order valence-electron chi connectivity index (χ0n) is 11.7. The number of halogens is 1. The number of hydrogen-bond acceptors (Lipinski definition) is 4. The van der Waals surface area contributed by atoms with Crippen LogP contribution in [0.15, 0.2) is 18.5 Å². The average molecular weight is 275 g/mol. The lowest BCUT2D eigenvalue weighted by Crippen LogP contribution is -2.15. The first kappa shape index (κ1) is 13.1. The average Bonchev–Trinajstić information content (AvgIpc) is 3.25. The lowest BCUT2D eigenvalue weighted by molar-refractivity contribution is 0.387. The molecule has 1 aliphatic rings. The number of benzene rings is 1. The number of ether oxygens (including phenoxy) is 1. The summed E-state index contributed by atoms with van der Waals surface area (Å²) in [7, 11) is 1.46. The molecule has 0 saturated heterocycles. The number of rotatable bonds is 5. The van der Waals surface area contributed by atoms with Gasteiger partial charge in [0.2, 0.25) is 0 Å². The molecule has 0 bridgehead atoms. The third-order valence-electron chi connectivity index (χ3n) is 4.25. The number of hydrogen-bond donors (Lipinski definition) is 1. The van der Waals surface area contributed by atoms with E-state index < -0.39 is 5.82 Å². The van der Waals surface area contributed by atoms with Crippen LogP contribution in [0.3, 0.4) is 0 Å². The standard InChI is InChI=1S/C15H18FN3O/c1-3-15(4-5-15)8-17-14-10-6-13(20-2)11(16)7-12(10)18-9-19-14/h6-7,9H,3-5,8H2,1-2H3,(H,17,18,19). The van der Waals surface area contributed by atoms with Crippen LogP contribution in [0.1, 0.15) is 26.2 Å². The molecular formula is C15H18FN3O. The molecule has 0 atom stereocenters. The molecule has 20 heavy (non-hydrogen) atoms. The Morgan fingerprint density at radius 2 is 2.15 bits per heavy atom. The summed E-state index contributed by atoms with van der Waals surface area (Å²) in [5, 5.41) is 4.17. The van der Waals surface area contributed by atoms with Crippen LogP contribution in [-0.2, 0) is 0 Å². The SMILES string of the molecule is CCC1(CNc2ncnc3cc(F)c(OC)cc23)CC1. The maximum Gasteiger partial charge on any atom is 0.167 e. The van der Waals surface area contributed by atoms with Crippen molar-refractivity contribution in [1.82, 2.24) is 9.97 Å². The molecule has 0 aliphatic heterocycles. The van der Waals surface area contributed by atoms with Crippen LogP contribution in [0.5, 0.6) is 5.75 Å². The molecule has 1 fully saturated rings. The van der Waals surface area contributed by atoms with E-state index in [1.807, 2.05) is 0 Å². The monoisotopic (exact) mass is 275 g/mol. The molecule has 2 aromatic rings. The van der Waals surface area contributed by atoms with Gasteiger partial charge in [0, 0.05) is 18.0 Å². The molecule has 0 spiro atoms. The predicted octanol–water partition coefficient (Wildman–Crippen LogP) is 3.38. The zero-order valence-corrected chi connectivity index (χ0v) is 11.7. The van der Waals surface area contributed by atoms with E-state index in [0.29, 0.717) is 10.9 Å². The minimum absolute atomic E-state index is 0.215. The van der Waals surface area contributed by atoms with Crippen LogP contribution < -0.4 is 10.1 Å². The number of methoxy groups -OCH3 is 1. The zero-order chi connectivity index (χ0) is 14.2. The van der Waals surface area contributed by atoms with Crippen molar-refractivity contribution in [2.24, 2.45) is 5.41 Å². The van der Waals surface area contributed by atoms with Gasteiger partial charge in [0.25, 0.3) is 0 Å². The second-order valence-corrected chi connectivity index (χ2v) is 5.43. The van der Waals surface area contributed by atoms with Gasteiger partial charge in [-0.15, -0.1) is 0 Å². The first-order chi connectivity index (χ1) is 9.67. The molecule has 1 aliphatic carbocycles. The van der Waals surface area contributed by atoms with Crippen molar-refractivity contribution >= 4 is 16.7 Å². The smallest absolute Gasteiger partial charge is 0.167 e. The Morgan fingerprint density at radius 3 is 2.80 bits per heavy atom. The summed E-state index contributed by atoms with van der Waals surface area (Å²) in [5.41, 5.74) is 1.00. The maximum absolute atomic E-state index is 13.7. The van der Waals surface area contributed by atoms with E-state index in [1.54, 1.807) is 6.07 Å². The molecule has 4 nitrogen and oxygen atoms in total. The Balaban J connectivity index is 1.93. The van der Waals surface area contributed by atoms with Crippen molar-refractivity contribution in [3.63, 3.8) is 0 Å². The number of anilines is 1. The number of nitrogens with zero attached hydrogens (tertiary/aromatic N) is 2. The normalized spacial score (nSPS) is 16.1. The minimum Gasteiger partial charge on any atom is -0.494 e. The maximum atomic E-state index is 13.7. The number of fused-ring (bicyclic) bond motifs is 1. The molecule has 1 aromatic heterocycles. The van der Waals surface area contributed by atoms with E-state index in [-0.39, 0.29) is 5.75 Å². The van der Waals surface area contributed by atoms with E-state index in [2.05, 4.69) is 22.2 Å². The van der Waals surface area contributed by atoms with Gasteiger partial charge in [-0.2, -0.15) is 0 Å². The molecular weight excluding hydrogens is 257 g/mol. The van der Waals surface area contributed by atoms with Crippen molar-refractivity contribution in [3.05, 3.63) is 24.3 Å². The highest BCUT2D eigenvalue weighted by molar-refractivity contribution is 5.90. The summed E-state index contributed by atoms with van der Waals surface area (Å²) >= 11 is 0. The van der Waals surface area contributed by atoms with E-state index in [4.69, 9.17) is 4.74 Å². The summed E-state index contributed by atoms with van der Waals surface area (Å²) in [4.78, 5) is 8.39. The molecule has 5 heteroatoms. The molecule has 1 heterocycles. The van der Waals surface area contributed by atoms with Crippen LogP contribution >= 0.6 is 0 Å². The third kappa shape index (κ3) is 2.28. The fourth-order valence-electron chi connectivity index (χ4n) is 2.46. The van der Waals surface area contributed by atoms with Crippen LogP contribution in [0.25, 0.3) is 10.9 Å². The lowest BCUT2D eigenvalue weighted by atomic mass is 10.0. The van der Waals surface area contributed by atoms with Crippen LogP contribution in [0.2, 0.25) is 0 Å². The predicted molar refractivity (Wildman–Crippen MR) is 76.5 cm³/mol. The number of nitrogens with one attached hydrogen (secondary N) is 1. The van der Waals surface area contributed by atoms with E-state index in [9.17, 15) is 4.39 Å². The van der Waals surface area contributed by atoms with Crippen LogP contribution in [-0.4, -0.2) is 23.6 Å². The highest BCUT2D eigenvalue weighted by Crippen LogP contribution is 2.48. The van der Waals surface area contributed by atoms with Crippen molar-refractivity contribution in [1.29, 1.82) is 0 Å².